The van der Waals surface area contributed by atoms with Crippen molar-refractivity contribution >= 4 is 35.0 Å². The second kappa shape index (κ2) is 7.95. The Bertz CT molecular complexity index is 791. The summed E-state index contributed by atoms with van der Waals surface area (Å²) in [5, 5.41) is 13.7. The quantitative estimate of drug-likeness (QED) is 0.516. The van der Waals surface area contributed by atoms with E-state index in [1.807, 2.05) is 0 Å². The Labute approximate surface area is 180 Å². The van der Waals surface area contributed by atoms with Gasteiger partial charge in [0.15, 0.2) is 6.61 Å². The number of hydrogen-bond donors (Lipinski definition) is 4. The van der Waals surface area contributed by atoms with Gasteiger partial charge in [0, 0.05) is 36.3 Å². The van der Waals surface area contributed by atoms with Crippen LogP contribution in [0.5, 0.6) is 5.75 Å². The monoisotopic (exact) mass is 440 g/mol. The fraction of sp³-hybridized carbons (Fsp3) is 0.600. The molecule has 4 N–H and O–H groups in total. The largest absolute Gasteiger partial charge is 0.484 e. The number of halogens is 2. The summed E-state index contributed by atoms with van der Waals surface area (Å²) in [5.74, 6) is 0.351. The summed E-state index contributed by atoms with van der Waals surface area (Å²) < 4.78 is 5.48. The van der Waals surface area contributed by atoms with Crippen molar-refractivity contribution in [3.05, 3.63) is 28.2 Å². The number of nitrogens with one attached hydrogen (secondary N) is 4. The van der Waals surface area contributed by atoms with Crippen LogP contribution in [0, 0.1) is 0 Å². The van der Waals surface area contributed by atoms with Crippen LogP contribution in [0.25, 0.3) is 0 Å². The van der Waals surface area contributed by atoms with E-state index in [0.29, 0.717) is 28.4 Å². The molecule has 3 saturated carbocycles. The van der Waals surface area contributed by atoms with Crippen LogP contribution in [-0.4, -0.2) is 54.7 Å². The third kappa shape index (κ3) is 4.33. The second-order valence-electron chi connectivity index (χ2n) is 8.47. The maximum Gasteiger partial charge on any atom is 0.258 e. The second-order valence-corrected chi connectivity index (χ2v) is 9.28. The number of carbonyl (C=O) groups excluding carboxylic acids is 2. The Kier molecular flexibility index (Phi) is 5.68. The third-order valence-electron chi connectivity index (χ3n) is 6.11. The van der Waals surface area contributed by atoms with E-state index in [9.17, 15) is 9.59 Å². The Morgan fingerprint density at radius 3 is 2.45 bits per heavy atom. The van der Waals surface area contributed by atoms with Crippen LogP contribution < -0.4 is 26.0 Å². The van der Waals surface area contributed by atoms with Gasteiger partial charge in [-0.15, -0.1) is 0 Å². The first kappa shape index (κ1) is 20.7. The number of amides is 2. The van der Waals surface area contributed by atoms with Gasteiger partial charge >= 0.3 is 0 Å². The molecule has 4 fully saturated rings. The highest BCUT2D eigenvalue weighted by molar-refractivity contribution is 6.42. The van der Waals surface area contributed by atoms with Gasteiger partial charge in [0.25, 0.3) is 5.91 Å². The van der Waals surface area contributed by atoms with Crippen molar-refractivity contribution in [3.63, 3.8) is 0 Å². The number of hydrogen-bond acceptors (Lipinski definition) is 5. The standard InChI is InChI=1S/C20H26Cl2N4O3/c1-2-12-6-24-16(7-23-12)18(28)26-20-9-19(10-20,11-20)25-17(27)8-29-13-3-4-14(21)15(22)5-13/h3-5,12,16,23-24H,2,6-11H2,1H3,(H,25,27)(H,26,28). The van der Waals surface area contributed by atoms with Crippen molar-refractivity contribution in [2.45, 2.75) is 55.8 Å². The summed E-state index contributed by atoms with van der Waals surface area (Å²) >= 11 is 11.8. The van der Waals surface area contributed by atoms with Gasteiger partial charge in [-0.3, -0.25) is 9.59 Å². The highest BCUT2D eigenvalue weighted by atomic mass is 35.5. The zero-order valence-electron chi connectivity index (χ0n) is 16.3. The van der Waals surface area contributed by atoms with E-state index >= 15 is 0 Å². The van der Waals surface area contributed by atoms with Crippen molar-refractivity contribution in [2.24, 2.45) is 0 Å². The molecule has 1 saturated heterocycles. The molecule has 9 heteroatoms. The summed E-state index contributed by atoms with van der Waals surface area (Å²) in [6.07, 6.45) is 3.34. The lowest BCUT2D eigenvalue weighted by Crippen LogP contribution is -2.84. The lowest BCUT2D eigenvalue weighted by atomic mass is 9.44. The number of benzene rings is 1. The molecule has 1 heterocycles. The zero-order chi connectivity index (χ0) is 20.6. The Balaban J connectivity index is 1.18. The molecule has 3 aliphatic carbocycles. The molecule has 0 aromatic heterocycles. The van der Waals surface area contributed by atoms with Gasteiger partial charge < -0.3 is 26.0 Å². The van der Waals surface area contributed by atoms with Crippen LogP contribution in [0.4, 0.5) is 0 Å². The van der Waals surface area contributed by atoms with Gasteiger partial charge in [-0.1, -0.05) is 30.1 Å². The lowest BCUT2D eigenvalue weighted by molar-refractivity contribution is -0.151. The maximum absolute atomic E-state index is 12.5. The average Bonchev–Trinajstić information content (AvgIpc) is 2.66. The van der Waals surface area contributed by atoms with E-state index in [2.05, 4.69) is 28.2 Å². The predicted octanol–water partition coefficient (Wildman–Crippen LogP) is 1.62. The molecular weight excluding hydrogens is 415 g/mol. The molecule has 2 bridgehead atoms. The van der Waals surface area contributed by atoms with Crippen LogP contribution in [0.2, 0.25) is 10.0 Å². The topological polar surface area (TPSA) is 91.5 Å². The first-order chi connectivity index (χ1) is 13.8. The van der Waals surface area contributed by atoms with Crippen LogP contribution in [0.3, 0.4) is 0 Å². The molecule has 4 aliphatic rings. The normalized spacial score (nSPS) is 32.5. The fourth-order valence-electron chi connectivity index (χ4n) is 4.64. The first-order valence-corrected chi connectivity index (χ1v) is 10.8. The van der Waals surface area contributed by atoms with Crippen molar-refractivity contribution < 1.29 is 14.3 Å². The average molecular weight is 441 g/mol. The molecule has 5 rings (SSSR count). The molecule has 0 radical (unpaired) electrons. The molecule has 0 spiro atoms. The van der Waals surface area contributed by atoms with Gasteiger partial charge in [0.1, 0.15) is 5.75 Å². The van der Waals surface area contributed by atoms with E-state index < -0.39 is 0 Å². The first-order valence-electron chi connectivity index (χ1n) is 10.00. The molecule has 2 atom stereocenters. The van der Waals surface area contributed by atoms with Crippen LogP contribution in [0.1, 0.15) is 32.6 Å². The zero-order valence-corrected chi connectivity index (χ0v) is 17.8. The number of carbonyl (C=O) groups is 2. The fourth-order valence-corrected chi connectivity index (χ4v) is 4.92. The van der Waals surface area contributed by atoms with Gasteiger partial charge in [-0.25, -0.2) is 0 Å². The van der Waals surface area contributed by atoms with E-state index in [-0.39, 0.29) is 35.5 Å². The van der Waals surface area contributed by atoms with Gasteiger partial charge in [-0.05, 0) is 37.8 Å². The summed E-state index contributed by atoms with van der Waals surface area (Å²) in [5.41, 5.74) is -0.380. The predicted molar refractivity (Wildman–Crippen MR) is 111 cm³/mol. The minimum absolute atomic E-state index is 0.0367. The molecule has 1 aromatic rings. The van der Waals surface area contributed by atoms with Crippen molar-refractivity contribution in [3.8, 4) is 5.75 Å². The lowest BCUT2D eigenvalue weighted by Gasteiger charge is -2.70. The van der Waals surface area contributed by atoms with E-state index in [1.165, 1.54) is 0 Å². The van der Waals surface area contributed by atoms with Crippen molar-refractivity contribution in [1.29, 1.82) is 0 Å². The van der Waals surface area contributed by atoms with E-state index in [4.69, 9.17) is 27.9 Å². The number of ether oxygens (including phenoxy) is 1. The molecule has 158 valence electrons. The van der Waals surface area contributed by atoms with Crippen molar-refractivity contribution in [1.82, 2.24) is 21.3 Å². The summed E-state index contributed by atoms with van der Waals surface area (Å²) in [6.45, 7) is 3.50. The van der Waals surface area contributed by atoms with Crippen LogP contribution in [0.15, 0.2) is 18.2 Å². The van der Waals surface area contributed by atoms with Gasteiger partial charge in [0.05, 0.1) is 16.1 Å². The Hall–Kier alpha value is -1.54. The van der Waals surface area contributed by atoms with E-state index in [1.54, 1.807) is 18.2 Å². The maximum atomic E-state index is 12.5. The third-order valence-corrected chi connectivity index (χ3v) is 6.85. The minimum Gasteiger partial charge on any atom is -0.484 e. The smallest absolute Gasteiger partial charge is 0.258 e. The molecule has 2 amide bonds. The molecule has 29 heavy (non-hydrogen) atoms. The highest BCUT2D eigenvalue weighted by Crippen LogP contribution is 2.60. The Morgan fingerprint density at radius 2 is 1.83 bits per heavy atom. The Morgan fingerprint density at radius 1 is 1.10 bits per heavy atom. The van der Waals surface area contributed by atoms with Gasteiger partial charge in [-0.2, -0.15) is 0 Å². The number of rotatable bonds is 7. The minimum atomic E-state index is -0.211. The highest BCUT2D eigenvalue weighted by Gasteiger charge is 2.69. The summed E-state index contributed by atoms with van der Waals surface area (Å²) in [6, 6.07) is 5.11. The van der Waals surface area contributed by atoms with Crippen molar-refractivity contribution in [2.75, 3.05) is 19.7 Å². The summed E-state index contributed by atoms with van der Waals surface area (Å²) in [4.78, 5) is 24.8. The van der Waals surface area contributed by atoms with Crippen LogP contribution in [-0.2, 0) is 9.59 Å². The van der Waals surface area contributed by atoms with Gasteiger partial charge in [0.2, 0.25) is 5.91 Å². The van der Waals surface area contributed by atoms with Crippen LogP contribution >= 0.6 is 23.2 Å². The molecule has 1 aromatic carbocycles. The molecule has 2 unspecified atom stereocenters. The SMILES string of the molecule is CCC1CNC(C(=O)NC23CC(NC(=O)COc4ccc(Cl)c(Cl)c4)(C2)C3)CN1. The molecule has 1 aliphatic heterocycles. The molecular formula is C20H26Cl2N4O3. The summed E-state index contributed by atoms with van der Waals surface area (Å²) in [7, 11) is 0. The number of piperazine rings is 1. The van der Waals surface area contributed by atoms with E-state index in [0.717, 1.165) is 32.2 Å². The molecule has 7 nitrogen and oxygen atoms in total.